The van der Waals surface area contributed by atoms with E-state index in [4.69, 9.17) is 0 Å². The fraction of sp³-hybridized carbons (Fsp3) is 0.412. The van der Waals surface area contributed by atoms with Gasteiger partial charge in [0.1, 0.15) is 4.88 Å². The summed E-state index contributed by atoms with van der Waals surface area (Å²) >= 11 is 4.72. The van der Waals surface area contributed by atoms with E-state index in [-0.39, 0.29) is 5.41 Å². The maximum Gasteiger partial charge on any atom is 0.347 e. The Hall–Kier alpha value is -1.24. The van der Waals surface area contributed by atoms with E-state index >= 15 is 0 Å². The summed E-state index contributed by atoms with van der Waals surface area (Å²) in [5.41, 5.74) is 2.85. The number of carbonyl (C=O) groups is 1. The van der Waals surface area contributed by atoms with Crippen LogP contribution in [0.3, 0.4) is 0 Å². The molecular formula is C17H21BrN2O2S. The molecule has 124 valence electrons. The highest BCUT2D eigenvalue weighted by atomic mass is 79.9. The minimum atomic E-state index is -0.908. The molecule has 0 aliphatic rings. The molecule has 0 atom stereocenters. The van der Waals surface area contributed by atoms with Gasteiger partial charge in [-0.05, 0) is 30.2 Å². The molecule has 0 saturated heterocycles. The van der Waals surface area contributed by atoms with Gasteiger partial charge in [-0.3, -0.25) is 0 Å². The summed E-state index contributed by atoms with van der Waals surface area (Å²) in [6.07, 6.45) is 0. The van der Waals surface area contributed by atoms with Gasteiger partial charge in [0.15, 0.2) is 0 Å². The van der Waals surface area contributed by atoms with E-state index in [0.717, 1.165) is 9.48 Å². The van der Waals surface area contributed by atoms with E-state index in [2.05, 4.69) is 45.3 Å². The summed E-state index contributed by atoms with van der Waals surface area (Å²) < 4.78 is 1.06. The maximum atomic E-state index is 11.4. The third kappa shape index (κ3) is 4.62. The molecule has 6 heteroatoms. The zero-order valence-corrected chi connectivity index (χ0v) is 16.1. The molecule has 2 rings (SSSR count). The van der Waals surface area contributed by atoms with Crippen molar-refractivity contribution in [3.05, 3.63) is 49.4 Å². The molecule has 0 bridgehead atoms. The van der Waals surface area contributed by atoms with E-state index in [1.54, 1.807) is 0 Å². The lowest BCUT2D eigenvalue weighted by Crippen LogP contribution is -2.16. The molecule has 0 aliphatic carbocycles. The van der Waals surface area contributed by atoms with Gasteiger partial charge < -0.3 is 10.4 Å². The number of aromatic carboxylic acids is 1. The Labute approximate surface area is 149 Å². The highest BCUT2D eigenvalue weighted by Crippen LogP contribution is 2.29. The van der Waals surface area contributed by atoms with Gasteiger partial charge in [0, 0.05) is 23.0 Å². The second-order valence-electron chi connectivity index (χ2n) is 6.52. The number of thiazole rings is 1. The van der Waals surface area contributed by atoms with Gasteiger partial charge in [0.25, 0.3) is 0 Å². The highest BCUT2D eigenvalue weighted by molar-refractivity contribution is 9.10. The molecule has 0 unspecified atom stereocenters. The molecule has 0 radical (unpaired) electrons. The number of rotatable bonds is 5. The Morgan fingerprint density at radius 1 is 1.35 bits per heavy atom. The lowest BCUT2D eigenvalue weighted by Gasteiger charge is -2.13. The molecule has 1 heterocycles. The monoisotopic (exact) mass is 396 g/mol. The first-order chi connectivity index (χ1) is 10.7. The van der Waals surface area contributed by atoms with Crippen molar-refractivity contribution in [3.63, 3.8) is 0 Å². The van der Waals surface area contributed by atoms with Crippen molar-refractivity contribution in [3.8, 4) is 0 Å². The van der Waals surface area contributed by atoms with Gasteiger partial charge in [-0.25, -0.2) is 9.78 Å². The lowest BCUT2D eigenvalue weighted by molar-refractivity contribution is 0.0700. The Balaban J connectivity index is 2.10. The number of benzene rings is 1. The minimum absolute atomic E-state index is 0.143. The van der Waals surface area contributed by atoms with Crippen molar-refractivity contribution in [1.82, 2.24) is 10.3 Å². The van der Waals surface area contributed by atoms with E-state index in [1.165, 1.54) is 22.5 Å². The van der Waals surface area contributed by atoms with Gasteiger partial charge in [0.05, 0.1) is 10.7 Å². The van der Waals surface area contributed by atoms with E-state index in [9.17, 15) is 9.90 Å². The average Bonchev–Trinajstić information content (AvgIpc) is 2.85. The first-order valence-corrected chi connectivity index (χ1v) is 8.98. The first-order valence-electron chi connectivity index (χ1n) is 7.37. The maximum absolute atomic E-state index is 11.4. The second kappa shape index (κ2) is 7.11. The highest BCUT2D eigenvalue weighted by Gasteiger charge is 2.24. The van der Waals surface area contributed by atoms with Gasteiger partial charge in [0.2, 0.25) is 0 Å². The number of hydrogen-bond donors (Lipinski definition) is 2. The van der Waals surface area contributed by atoms with Crippen molar-refractivity contribution in [1.29, 1.82) is 0 Å². The topological polar surface area (TPSA) is 62.2 Å². The summed E-state index contributed by atoms with van der Waals surface area (Å²) in [6, 6.07) is 6.14. The van der Waals surface area contributed by atoms with Crippen LogP contribution in [0.15, 0.2) is 22.7 Å². The van der Waals surface area contributed by atoms with Crippen LogP contribution in [0.5, 0.6) is 0 Å². The number of nitrogens with zero attached hydrogens (tertiary/aromatic N) is 1. The third-order valence-electron chi connectivity index (χ3n) is 3.45. The van der Waals surface area contributed by atoms with Crippen molar-refractivity contribution >= 4 is 33.2 Å². The predicted molar refractivity (Wildman–Crippen MR) is 97.2 cm³/mol. The Morgan fingerprint density at radius 3 is 2.61 bits per heavy atom. The zero-order valence-electron chi connectivity index (χ0n) is 13.7. The fourth-order valence-electron chi connectivity index (χ4n) is 2.13. The number of aromatic nitrogens is 1. The van der Waals surface area contributed by atoms with Crippen molar-refractivity contribution in [2.45, 2.75) is 46.2 Å². The summed E-state index contributed by atoms with van der Waals surface area (Å²) in [5, 5.41) is 13.5. The number of nitrogens with one attached hydrogen (secondary N) is 1. The minimum Gasteiger partial charge on any atom is -0.477 e. The third-order valence-corrected chi connectivity index (χ3v) is 5.45. The quantitative estimate of drug-likeness (QED) is 0.780. The van der Waals surface area contributed by atoms with Crippen LogP contribution in [-0.4, -0.2) is 16.1 Å². The molecule has 1 aromatic carbocycles. The normalized spacial score (nSPS) is 11.7. The van der Waals surface area contributed by atoms with E-state index < -0.39 is 5.97 Å². The Bertz CT molecular complexity index is 720. The molecule has 23 heavy (non-hydrogen) atoms. The number of carboxylic acids is 1. The lowest BCUT2D eigenvalue weighted by atomic mass is 9.98. The zero-order chi connectivity index (χ0) is 17.2. The van der Waals surface area contributed by atoms with Gasteiger partial charge >= 0.3 is 5.97 Å². The van der Waals surface area contributed by atoms with Gasteiger partial charge in [-0.15, -0.1) is 11.3 Å². The van der Waals surface area contributed by atoms with Crippen LogP contribution in [0.4, 0.5) is 0 Å². The summed E-state index contributed by atoms with van der Waals surface area (Å²) in [6.45, 7) is 9.31. The van der Waals surface area contributed by atoms with Crippen LogP contribution < -0.4 is 5.32 Å². The SMILES string of the molecule is Cc1cc(Br)ccc1CNCc1nc(C(C)(C)C)sc1C(=O)O. The molecule has 1 aromatic heterocycles. The summed E-state index contributed by atoms with van der Waals surface area (Å²) in [5.74, 6) is -0.908. The average molecular weight is 397 g/mol. The van der Waals surface area contributed by atoms with Crippen molar-refractivity contribution in [2.75, 3.05) is 0 Å². The number of hydrogen-bond acceptors (Lipinski definition) is 4. The Morgan fingerprint density at radius 2 is 2.04 bits per heavy atom. The van der Waals surface area contributed by atoms with Crippen LogP contribution in [-0.2, 0) is 18.5 Å². The second-order valence-corrected chi connectivity index (χ2v) is 8.44. The van der Waals surface area contributed by atoms with Crippen molar-refractivity contribution < 1.29 is 9.90 Å². The number of aryl methyl sites for hydroxylation is 1. The van der Waals surface area contributed by atoms with Crippen LogP contribution in [0.1, 0.15) is 52.3 Å². The first kappa shape index (κ1) is 18.1. The van der Waals surface area contributed by atoms with Crippen LogP contribution in [0.25, 0.3) is 0 Å². The summed E-state index contributed by atoms with van der Waals surface area (Å²) in [7, 11) is 0. The Kier molecular flexibility index (Phi) is 5.60. The van der Waals surface area contributed by atoms with Gasteiger partial charge in [-0.1, -0.05) is 42.8 Å². The largest absolute Gasteiger partial charge is 0.477 e. The molecule has 0 aliphatic heterocycles. The smallest absolute Gasteiger partial charge is 0.347 e. The number of carboxylic acid groups (broad SMARTS) is 1. The molecule has 0 amide bonds. The molecule has 4 nitrogen and oxygen atoms in total. The summed E-state index contributed by atoms with van der Waals surface area (Å²) in [4.78, 5) is 16.3. The van der Waals surface area contributed by atoms with Crippen LogP contribution in [0.2, 0.25) is 0 Å². The molecule has 2 aromatic rings. The molecule has 0 spiro atoms. The van der Waals surface area contributed by atoms with Crippen LogP contribution >= 0.6 is 27.3 Å². The molecule has 0 saturated carbocycles. The van der Waals surface area contributed by atoms with E-state index in [1.807, 2.05) is 26.8 Å². The molecular weight excluding hydrogens is 376 g/mol. The fourth-order valence-corrected chi connectivity index (χ4v) is 3.59. The van der Waals surface area contributed by atoms with Crippen LogP contribution in [0, 0.1) is 6.92 Å². The van der Waals surface area contributed by atoms with E-state index in [0.29, 0.717) is 23.7 Å². The van der Waals surface area contributed by atoms with Gasteiger partial charge in [-0.2, -0.15) is 0 Å². The standard InChI is InChI=1S/C17H21BrN2O2S/c1-10-7-12(18)6-5-11(10)8-19-9-13-14(15(21)22)23-16(20-13)17(2,3)4/h5-7,19H,8-9H2,1-4H3,(H,21,22). The number of halogens is 1. The molecule has 2 N–H and O–H groups in total. The molecule has 0 fully saturated rings. The van der Waals surface area contributed by atoms with Crippen molar-refractivity contribution in [2.24, 2.45) is 0 Å². The predicted octanol–water partition coefficient (Wildman–Crippen LogP) is 4.50.